The van der Waals surface area contributed by atoms with E-state index in [0.29, 0.717) is 32.1 Å². The molecule has 0 spiro atoms. The van der Waals surface area contributed by atoms with E-state index >= 15 is 0 Å². The summed E-state index contributed by atoms with van der Waals surface area (Å²) in [5.74, 6) is 1.09. The topological polar surface area (TPSA) is 233 Å². The molecule has 4 aliphatic heterocycles. The molecule has 5 N–H and O–H groups in total. The first-order valence-electron chi connectivity index (χ1n) is 23.9. The number of furan rings is 1. The summed E-state index contributed by atoms with van der Waals surface area (Å²) < 4.78 is 73.8. The van der Waals surface area contributed by atoms with Crippen molar-refractivity contribution in [2.24, 2.45) is 17.3 Å². The fourth-order valence-electron chi connectivity index (χ4n) is 12.4. The number of carbonyl (C=O) groups excluding carboxylic acids is 1. The van der Waals surface area contributed by atoms with Crippen LogP contribution in [0.5, 0.6) is 0 Å². The molecule has 3 aliphatic carbocycles. The normalized spacial score (nSPS) is 48.9. The van der Waals surface area contributed by atoms with Crippen LogP contribution in [0.4, 0.5) is 0 Å². The standard InChI is InChI=1S/C48H74O18/c1-22-28(13-15-58-22)47(5)14-12-29-27(45(47)54)11-10-26-16-31(30(50)20-48(26,29)6)62-36-17-32(55-7)42(23(2)59-36)64-37-18-33(56-8)43(24(3)60-37)65-38-19-34(57-9)44(25(4)61-38)66-46-41(53)40(52)39(51)35(21-49)63-46/h10,13,15,23-25,27,29-44,46,49-53H,11-12,14,16-21H2,1-9H3/t23-,24-,25+,27-,29-,30+,31+,32-,33+,34-,35-,36+,37+,38+,39+,40+,41+,42+,43+,44+,46+,47-,48+/m0/s1. The first-order valence-corrected chi connectivity index (χ1v) is 23.9. The molecule has 66 heavy (non-hydrogen) atoms. The van der Waals surface area contributed by atoms with Gasteiger partial charge in [0.15, 0.2) is 25.2 Å². The third kappa shape index (κ3) is 9.50. The van der Waals surface area contributed by atoms with E-state index < -0.39 is 129 Å². The average Bonchev–Trinajstić information content (AvgIpc) is 3.73. The van der Waals surface area contributed by atoms with Crippen molar-refractivity contribution in [3.8, 4) is 0 Å². The highest BCUT2D eigenvalue weighted by molar-refractivity contribution is 5.93. The molecule has 2 saturated carbocycles. The van der Waals surface area contributed by atoms with E-state index in [-0.39, 0.29) is 29.5 Å². The van der Waals surface area contributed by atoms with E-state index in [1.807, 2.05) is 26.8 Å². The molecular weight excluding hydrogens is 865 g/mol. The van der Waals surface area contributed by atoms with Crippen LogP contribution in [-0.2, 0) is 62.3 Å². The molecule has 0 bridgehead atoms. The maximum atomic E-state index is 14.2. The van der Waals surface area contributed by atoms with Gasteiger partial charge in [-0.05, 0) is 84.1 Å². The highest BCUT2D eigenvalue weighted by atomic mass is 16.8. The molecule has 0 aromatic carbocycles. The van der Waals surface area contributed by atoms with Gasteiger partial charge in [-0.1, -0.05) is 18.6 Å². The molecule has 1 aromatic heterocycles. The Morgan fingerprint density at radius 3 is 1.79 bits per heavy atom. The molecule has 0 radical (unpaired) electrons. The zero-order valence-electron chi connectivity index (χ0n) is 39.8. The average molecular weight is 939 g/mol. The molecule has 5 heterocycles. The van der Waals surface area contributed by atoms with E-state index in [9.17, 15) is 30.3 Å². The van der Waals surface area contributed by atoms with Gasteiger partial charge in [0, 0.05) is 52.1 Å². The van der Waals surface area contributed by atoms with Crippen LogP contribution in [-0.4, -0.2) is 176 Å². The third-order valence-corrected chi connectivity index (χ3v) is 16.3. The summed E-state index contributed by atoms with van der Waals surface area (Å²) in [4.78, 5) is 14.2. The van der Waals surface area contributed by atoms with E-state index in [0.717, 1.165) is 24.2 Å². The summed E-state index contributed by atoms with van der Waals surface area (Å²) in [6, 6.07) is 1.94. The van der Waals surface area contributed by atoms with Gasteiger partial charge < -0.3 is 82.1 Å². The number of aliphatic hydroxyl groups excluding tert-OH is 5. The summed E-state index contributed by atoms with van der Waals surface area (Å²) in [5, 5.41) is 52.4. The van der Waals surface area contributed by atoms with Gasteiger partial charge in [0.25, 0.3) is 0 Å². The Balaban J connectivity index is 0.840. The monoisotopic (exact) mass is 938 g/mol. The molecule has 1 aromatic rings. The first-order chi connectivity index (χ1) is 31.4. The number of hydrogen-bond donors (Lipinski definition) is 5. The lowest BCUT2D eigenvalue weighted by Gasteiger charge is -2.55. The van der Waals surface area contributed by atoms with Crippen molar-refractivity contribution >= 4 is 5.78 Å². The van der Waals surface area contributed by atoms with Gasteiger partial charge in [0.2, 0.25) is 0 Å². The Bertz CT molecular complexity index is 1820. The second kappa shape index (κ2) is 20.4. The number of allylic oxidation sites excluding steroid dienone is 1. The molecule has 23 atom stereocenters. The zero-order chi connectivity index (χ0) is 47.4. The molecule has 0 unspecified atom stereocenters. The number of aliphatic hydroxyl groups is 5. The summed E-state index contributed by atoms with van der Waals surface area (Å²) in [7, 11) is 4.76. The Kier molecular flexibility index (Phi) is 15.6. The van der Waals surface area contributed by atoms with Gasteiger partial charge in [-0.3, -0.25) is 4.79 Å². The van der Waals surface area contributed by atoms with Crippen LogP contribution in [0.1, 0.15) is 97.3 Å². The highest BCUT2D eigenvalue weighted by Crippen LogP contribution is 2.59. The summed E-state index contributed by atoms with van der Waals surface area (Å²) >= 11 is 0. The number of methoxy groups -OCH3 is 3. The molecule has 7 aliphatic rings. The molecule has 18 heteroatoms. The minimum atomic E-state index is -1.59. The number of carbonyl (C=O) groups is 1. The number of Topliss-reactive ketones (excluding diaryl/α,β-unsaturated/α-hetero) is 1. The minimum Gasteiger partial charge on any atom is -0.469 e. The van der Waals surface area contributed by atoms with Crippen molar-refractivity contribution in [2.45, 2.75) is 215 Å². The molecule has 0 amide bonds. The van der Waals surface area contributed by atoms with Crippen LogP contribution >= 0.6 is 0 Å². The van der Waals surface area contributed by atoms with Crippen molar-refractivity contribution in [3.05, 3.63) is 35.3 Å². The summed E-state index contributed by atoms with van der Waals surface area (Å²) in [6.07, 6.45) is -7.03. The smallest absolute Gasteiger partial charge is 0.187 e. The first kappa shape index (κ1) is 50.4. The van der Waals surface area contributed by atoms with Crippen molar-refractivity contribution in [3.63, 3.8) is 0 Å². The highest BCUT2D eigenvalue weighted by Gasteiger charge is 2.58. The predicted octanol–water partition coefficient (Wildman–Crippen LogP) is 2.72. The van der Waals surface area contributed by atoms with E-state index in [2.05, 4.69) is 19.9 Å². The van der Waals surface area contributed by atoms with Gasteiger partial charge in [-0.15, -0.1) is 0 Å². The maximum Gasteiger partial charge on any atom is 0.187 e. The molecular formula is C48H74O18. The Morgan fingerprint density at radius 2 is 1.27 bits per heavy atom. The van der Waals surface area contributed by atoms with Crippen molar-refractivity contribution in [2.75, 3.05) is 27.9 Å². The van der Waals surface area contributed by atoms with Gasteiger partial charge in [0.1, 0.15) is 54.3 Å². The minimum absolute atomic E-state index is 0.114. The number of aryl methyl sites for hydroxylation is 1. The largest absolute Gasteiger partial charge is 0.469 e. The summed E-state index contributed by atoms with van der Waals surface area (Å²) in [5.41, 5.74) is 1.34. The number of fused-ring (bicyclic) bond motifs is 3. The van der Waals surface area contributed by atoms with Crippen molar-refractivity contribution < 1.29 is 86.8 Å². The van der Waals surface area contributed by atoms with Crippen LogP contribution < -0.4 is 0 Å². The van der Waals surface area contributed by atoms with Crippen LogP contribution in [0, 0.1) is 24.2 Å². The van der Waals surface area contributed by atoms with E-state index in [1.165, 1.54) is 12.7 Å². The lowest BCUT2D eigenvalue weighted by atomic mass is 9.49. The number of ketones is 1. The van der Waals surface area contributed by atoms with E-state index in [1.54, 1.807) is 27.4 Å². The Labute approximate surface area is 387 Å². The zero-order valence-corrected chi connectivity index (χ0v) is 39.8. The molecule has 18 nitrogen and oxygen atoms in total. The molecule has 374 valence electrons. The number of rotatable bonds is 13. The van der Waals surface area contributed by atoms with E-state index in [4.69, 9.17) is 56.5 Å². The SMILES string of the molecule is CO[C@H]1C[C@@H](O[C@@H]2CC3=CC[C@@H]4C(=O)[C@](C)(c5ccoc5C)CC[C@@H]4[C@]3(C)C[C@H]2O)O[C@@H](C)[C@H]1O[C@@H]1C[C@@H](OC)[C@H](O[C@@H]2C[C@H](OC)[C@H](O[C@H]3O[C@@H](CO)[C@@H](O)[C@@H](O)[C@H]3O)[C@@H](C)O2)[C@H](C)O1. The Morgan fingerprint density at radius 1 is 0.727 bits per heavy atom. The number of ether oxygens (including phenoxy) is 11. The van der Waals surface area contributed by atoms with Gasteiger partial charge in [-0.25, -0.2) is 0 Å². The summed E-state index contributed by atoms with van der Waals surface area (Å²) in [6.45, 7) is 11.2. The quantitative estimate of drug-likeness (QED) is 0.179. The van der Waals surface area contributed by atoms with Crippen LogP contribution in [0.3, 0.4) is 0 Å². The Hall–Kier alpha value is -1.95. The fraction of sp³-hybridized carbons (Fsp3) is 0.854. The van der Waals surface area contributed by atoms with Gasteiger partial charge in [0.05, 0.1) is 67.1 Å². The molecule has 4 saturated heterocycles. The third-order valence-electron chi connectivity index (χ3n) is 16.3. The second-order valence-corrected chi connectivity index (χ2v) is 20.2. The van der Waals surface area contributed by atoms with Crippen molar-refractivity contribution in [1.29, 1.82) is 0 Å². The van der Waals surface area contributed by atoms with Gasteiger partial charge in [-0.2, -0.15) is 0 Å². The lowest BCUT2D eigenvalue weighted by Crippen LogP contribution is -2.62. The van der Waals surface area contributed by atoms with Crippen LogP contribution in [0.15, 0.2) is 28.4 Å². The fourth-order valence-corrected chi connectivity index (χ4v) is 12.4. The maximum absolute atomic E-state index is 14.2. The molecule has 8 rings (SSSR count). The predicted molar refractivity (Wildman–Crippen MR) is 231 cm³/mol. The number of hydrogen-bond acceptors (Lipinski definition) is 18. The second-order valence-electron chi connectivity index (χ2n) is 20.2. The van der Waals surface area contributed by atoms with Gasteiger partial charge >= 0.3 is 0 Å². The van der Waals surface area contributed by atoms with Crippen molar-refractivity contribution in [1.82, 2.24) is 0 Å². The molecule has 6 fully saturated rings. The van der Waals surface area contributed by atoms with Crippen LogP contribution in [0.2, 0.25) is 0 Å². The lowest BCUT2D eigenvalue weighted by molar-refractivity contribution is -0.357. The van der Waals surface area contributed by atoms with Crippen LogP contribution in [0.25, 0.3) is 0 Å².